The van der Waals surface area contributed by atoms with Crippen LogP contribution in [0, 0.1) is 0 Å². The lowest BCUT2D eigenvalue weighted by Crippen LogP contribution is -2.30. The first-order valence-electron chi connectivity index (χ1n) is 4.64. The average molecular weight is 183 g/mol. The molecule has 74 valence electrons. The Morgan fingerprint density at radius 3 is 3.08 bits per heavy atom. The summed E-state index contributed by atoms with van der Waals surface area (Å²) in [5.41, 5.74) is 5.63. The van der Waals surface area contributed by atoms with Crippen LogP contribution < -0.4 is 5.73 Å². The summed E-state index contributed by atoms with van der Waals surface area (Å²) in [7, 11) is 0. The van der Waals surface area contributed by atoms with Gasteiger partial charge in [-0.3, -0.25) is 0 Å². The minimum atomic E-state index is -0.190. The van der Waals surface area contributed by atoms with Gasteiger partial charge >= 0.3 is 0 Å². The smallest absolute Gasteiger partial charge is 0.108 e. The van der Waals surface area contributed by atoms with E-state index in [0.29, 0.717) is 6.54 Å². The van der Waals surface area contributed by atoms with Crippen molar-refractivity contribution in [2.75, 3.05) is 6.61 Å². The van der Waals surface area contributed by atoms with Crippen molar-refractivity contribution in [1.82, 2.24) is 9.55 Å². The van der Waals surface area contributed by atoms with Gasteiger partial charge in [0.25, 0.3) is 0 Å². The molecule has 0 spiro atoms. The highest BCUT2D eigenvalue weighted by Crippen LogP contribution is 2.01. The monoisotopic (exact) mass is 183 g/mol. The standard InChI is InChI=1S/C9H17N3O/c1-2-3-9-11-4-5-12(9)6-8(10)7-13/h4-5,8,13H,2-3,6-7,10H2,1H3. The highest BCUT2D eigenvalue weighted by molar-refractivity contribution is 4.93. The lowest BCUT2D eigenvalue weighted by Gasteiger charge is -2.11. The SMILES string of the molecule is CCCc1nccn1CC(N)CO. The molecule has 1 unspecified atom stereocenters. The van der Waals surface area contributed by atoms with Crippen molar-refractivity contribution in [3.63, 3.8) is 0 Å². The maximum Gasteiger partial charge on any atom is 0.108 e. The van der Waals surface area contributed by atoms with Gasteiger partial charge in [-0.15, -0.1) is 0 Å². The molecule has 0 aliphatic carbocycles. The lowest BCUT2D eigenvalue weighted by molar-refractivity contribution is 0.253. The number of rotatable bonds is 5. The van der Waals surface area contributed by atoms with E-state index >= 15 is 0 Å². The molecule has 1 aromatic heterocycles. The van der Waals surface area contributed by atoms with Crippen LogP contribution in [0.3, 0.4) is 0 Å². The molecule has 0 saturated carbocycles. The second-order valence-electron chi connectivity index (χ2n) is 3.19. The van der Waals surface area contributed by atoms with Gasteiger partial charge in [0, 0.05) is 31.4 Å². The summed E-state index contributed by atoms with van der Waals surface area (Å²) in [5, 5.41) is 8.80. The molecule has 0 fully saturated rings. The van der Waals surface area contributed by atoms with Crippen molar-refractivity contribution in [3.8, 4) is 0 Å². The highest BCUT2D eigenvalue weighted by atomic mass is 16.3. The van der Waals surface area contributed by atoms with Crippen molar-refractivity contribution in [2.24, 2.45) is 5.73 Å². The molecule has 13 heavy (non-hydrogen) atoms. The maximum absolute atomic E-state index is 8.80. The first-order chi connectivity index (χ1) is 6.27. The molecule has 4 nitrogen and oxygen atoms in total. The van der Waals surface area contributed by atoms with Gasteiger partial charge in [-0.2, -0.15) is 0 Å². The zero-order valence-electron chi connectivity index (χ0n) is 7.98. The molecule has 3 N–H and O–H groups in total. The van der Waals surface area contributed by atoms with Gasteiger partial charge in [-0.1, -0.05) is 6.92 Å². The Labute approximate surface area is 78.4 Å². The van der Waals surface area contributed by atoms with Gasteiger partial charge in [0.05, 0.1) is 6.61 Å². The molecular formula is C9H17N3O. The Bertz CT molecular complexity index is 247. The van der Waals surface area contributed by atoms with E-state index < -0.39 is 0 Å². The predicted octanol–water partition coefficient (Wildman–Crippen LogP) is 0.155. The third-order valence-corrected chi connectivity index (χ3v) is 1.94. The first-order valence-corrected chi connectivity index (χ1v) is 4.64. The van der Waals surface area contributed by atoms with Crippen LogP contribution in [0.4, 0.5) is 0 Å². The number of nitrogens with two attached hydrogens (primary N) is 1. The fraction of sp³-hybridized carbons (Fsp3) is 0.667. The lowest BCUT2D eigenvalue weighted by atomic mass is 10.3. The summed E-state index contributed by atoms with van der Waals surface area (Å²) >= 11 is 0. The molecule has 1 aromatic rings. The van der Waals surface area contributed by atoms with Crippen molar-refractivity contribution in [2.45, 2.75) is 32.4 Å². The topological polar surface area (TPSA) is 64.1 Å². The number of hydrogen-bond donors (Lipinski definition) is 2. The molecule has 0 aromatic carbocycles. The molecule has 0 aliphatic heterocycles. The second kappa shape index (κ2) is 4.99. The molecule has 0 radical (unpaired) electrons. The Morgan fingerprint density at radius 1 is 1.69 bits per heavy atom. The highest BCUT2D eigenvalue weighted by Gasteiger charge is 2.05. The Balaban J connectivity index is 2.59. The van der Waals surface area contributed by atoms with E-state index in [0.717, 1.165) is 18.7 Å². The molecule has 1 rings (SSSR count). The van der Waals surface area contributed by atoms with Crippen molar-refractivity contribution < 1.29 is 5.11 Å². The summed E-state index contributed by atoms with van der Waals surface area (Å²) in [6.45, 7) is 2.78. The summed E-state index contributed by atoms with van der Waals surface area (Å²) in [4.78, 5) is 4.22. The van der Waals surface area contributed by atoms with Crippen LogP contribution in [0.25, 0.3) is 0 Å². The van der Waals surface area contributed by atoms with Gasteiger partial charge in [-0.25, -0.2) is 4.98 Å². The van der Waals surface area contributed by atoms with Crippen LogP contribution in [-0.2, 0) is 13.0 Å². The van der Waals surface area contributed by atoms with Crippen molar-refractivity contribution in [3.05, 3.63) is 18.2 Å². The van der Waals surface area contributed by atoms with Crippen LogP contribution in [0.1, 0.15) is 19.2 Å². The number of aliphatic hydroxyl groups excluding tert-OH is 1. The molecule has 0 saturated heterocycles. The molecule has 1 atom stereocenters. The van der Waals surface area contributed by atoms with Crippen LogP contribution >= 0.6 is 0 Å². The van der Waals surface area contributed by atoms with Crippen LogP contribution in [0.15, 0.2) is 12.4 Å². The Hall–Kier alpha value is -0.870. The van der Waals surface area contributed by atoms with E-state index in [2.05, 4.69) is 11.9 Å². The van der Waals surface area contributed by atoms with Gasteiger partial charge < -0.3 is 15.4 Å². The van der Waals surface area contributed by atoms with E-state index in [1.54, 1.807) is 6.20 Å². The largest absolute Gasteiger partial charge is 0.395 e. The minimum Gasteiger partial charge on any atom is -0.395 e. The van der Waals surface area contributed by atoms with E-state index in [9.17, 15) is 0 Å². The zero-order chi connectivity index (χ0) is 9.68. The summed E-state index contributed by atoms with van der Waals surface area (Å²) in [6.07, 6.45) is 5.71. The number of hydrogen-bond acceptors (Lipinski definition) is 3. The number of imidazole rings is 1. The van der Waals surface area contributed by atoms with Gasteiger partial charge in [0.15, 0.2) is 0 Å². The van der Waals surface area contributed by atoms with Crippen LogP contribution in [0.5, 0.6) is 0 Å². The normalized spacial score (nSPS) is 13.2. The van der Waals surface area contributed by atoms with E-state index in [-0.39, 0.29) is 12.6 Å². The molecular weight excluding hydrogens is 166 g/mol. The van der Waals surface area contributed by atoms with Gasteiger partial charge in [0.2, 0.25) is 0 Å². The van der Waals surface area contributed by atoms with E-state index in [1.807, 2.05) is 10.8 Å². The molecule has 0 aliphatic rings. The fourth-order valence-corrected chi connectivity index (χ4v) is 1.27. The van der Waals surface area contributed by atoms with Gasteiger partial charge in [0.1, 0.15) is 5.82 Å². The Morgan fingerprint density at radius 2 is 2.46 bits per heavy atom. The summed E-state index contributed by atoms with van der Waals surface area (Å²) in [5.74, 6) is 1.05. The summed E-state index contributed by atoms with van der Waals surface area (Å²) < 4.78 is 2.00. The Kier molecular flexibility index (Phi) is 3.92. The third kappa shape index (κ3) is 2.82. The molecule has 0 bridgehead atoms. The van der Waals surface area contributed by atoms with Crippen LogP contribution in [-0.4, -0.2) is 27.3 Å². The average Bonchev–Trinajstić information content (AvgIpc) is 2.54. The number of aryl methyl sites for hydroxylation is 1. The fourth-order valence-electron chi connectivity index (χ4n) is 1.27. The molecule has 0 amide bonds. The van der Waals surface area contributed by atoms with Crippen molar-refractivity contribution >= 4 is 0 Å². The van der Waals surface area contributed by atoms with E-state index in [4.69, 9.17) is 10.8 Å². The van der Waals surface area contributed by atoms with Crippen LogP contribution in [0.2, 0.25) is 0 Å². The maximum atomic E-state index is 8.80. The molecule has 1 heterocycles. The van der Waals surface area contributed by atoms with E-state index in [1.165, 1.54) is 0 Å². The van der Waals surface area contributed by atoms with Gasteiger partial charge in [-0.05, 0) is 6.42 Å². The molecule has 4 heteroatoms. The number of nitrogens with zero attached hydrogens (tertiary/aromatic N) is 2. The quantitative estimate of drug-likeness (QED) is 0.683. The minimum absolute atomic E-state index is 0.0176. The summed E-state index contributed by atoms with van der Waals surface area (Å²) in [6, 6.07) is -0.190. The first kappa shape index (κ1) is 10.2. The third-order valence-electron chi connectivity index (χ3n) is 1.94. The zero-order valence-corrected chi connectivity index (χ0v) is 7.98. The second-order valence-corrected chi connectivity index (χ2v) is 3.19. The van der Waals surface area contributed by atoms with Crippen molar-refractivity contribution in [1.29, 1.82) is 0 Å². The number of aromatic nitrogens is 2. The predicted molar refractivity (Wildman–Crippen MR) is 51.3 cm³/mol. The number of aliphatic hydroxyl groups is 1.